The zero-order chi connectivity index (χ0) is 29.7. The van der Waals surface area contributed by atoms with Gasteiger partial charge in [-0.1, -0.05) is 109 Å². The number of benzene rings is 1. The highest BCUT2D eigenvalue weighted by Crippen LogP contribution is 2.45. The summed E-state index contributed by atoms with van der Waals surface area (Å²) in [6.45, 7) is 3.26. The zero-order valence-corrected chi connectivity index (χ0v) is 23.5. The van der Waals surface area contributed by atoms with Gasteiger partial charge in [0.25, 0.3) is 0 Å². The normalized spacial score (nSPS) is 33.1. The van der Waals surface area contributed by atoms with Gasteiger partial charge in [-0.3, -0.25) is 4.79 Å². The number of nitrogens with one attached hydrogen (secondary N) is 1. The maximum atomic E-state index is 13.1. The summed E-state index contributed by atoms with van der Waals surface area (Å²) in [4.78, 5) is 25.7. The first-order valence-corrected chi connectivity index (χ1v) is 13.4. The van der Waals surface area contributed by atoms with E-state index < -0.39 is 23.6 Å². The quantitative estimate of drug-likeness (QED) is 0.399. The third-order valence-corrected chi connectivity index (χ3v) is 6.72. The molecule has 1 aromatic carbocycles. The molecule has 4 atom stereocenters. The lowest BCUT2D eigenvalue weighted by Crippen LogP contribution is -2.37. The van der Waals surface area contributed by atoms with Crippen LogP contribution in [-0.2, 0) is 19.1 Å². The zero-order valence-electron chi connectivity index (χ0n) is 23.5. The fourth-order valence-electron chi connectivity index (χ4n) is 4.52. The van der Waals surface area contributed by atoms with Crippen LogP contribution in [0.5, 0.6) is 0 Å². The Balaban J connectivity index is 1.88. The van der Waals surface area contributed by atoms with Crippen LogP contribution in [0.4, 0.5) is 0 Å². The number of cyclic esters (lactones) is 1. The molecule has 2 aliphatic rings. The number of hydrogen-bond donors (Lipinski definition) is 3. The number of amides is 1. The smallest absolute Gasteiger partial charge is 0.343 e. The average Bonchev–Trinajstić information content (AvgIpc) is 3.14. The van der Waals surface area contributed by atoms with Gasteiger partial charge < -0.3 is 25.0 Å². The Labute approximate surface area is 241 Å². The Kier molecular flexibility index (Phi) is 11.6. The molecule has 7 nitrogen and oxygen atoms in total. The van der Waals surface area contributed by atoms with E-state index in [0.29, 0.717) is 12.2 Å². The fourth-order valence-corrected chi connectivity index (χ4v) is 4.52. The Morgan fingerprint density at radius 3 is 2.27 bits per heavy atom. The molecule has 3 rings (SSSR count). The highest BCUT2D eigenvalue weighted by atomic mass is 16.5. The predicted molar refractivity (Wildman–Crippen MR) is 160 cm³/mol. The largest absolute Gasteiger partial charge is 0.509 e. The molecule has 0 radical (unpaired) electrons. The first kappa shape index (κ1) is 31.1. The van der Waals surface area contributed by atoms with Crippen LogP contribution in [0.25, 0.3) is 0 Å². The van der Waals surface area contributed by atoms with Gasteiger partial charge in [0.1, 0.15) is 23.7 Å². The van der Waals surface area contributed by atoms with Crippen molar-refractivity contribution in [1.29, 1.82) is 0 Å². The van der Waals surface area contributed by atoms with Gasteiger partial charge in [-0.2, -0.15) is 0 Å². The van der Waals surface area contributed by atoms with Crippen molar-refractivity contribution < 1.29 is 29.3 Å². The topological polar surface area (TPSA) is 105 Å². The second-order valence-electron chi connectivity index (χ2n) is 9.70. The summed E-state index contributed by atoms with van der Waals surface area (Å²) in [5.41, 5.74) is -0.327. The number of methoxy groups -OCH3 is 1. The number of fused-ring (bicyclic) bond motifs is 1. The second kappa shape index (κ2) is 15.4. The van der Waals surface area contributed by atoms with Gasteiger partial charge >= 0.3 is 5.97 Å². The maximum Gasteiger partial charge on any atom is 0.343 e. The van der Waals surface area contributed by atoms with E-state index in [1.165, 1.54) is 13.2 Å². The molecule has 214 valence electrons. The minimum Gasteiger partial charge on any atom is -0.509 e. The molecular weight excluding hydrogens is 518 g/mol. The summed E-state index contributed by atoms with van der Waals surface area (Å²) in [5, 5.41) is 24.7. The molecule has 0 spiro atoms. The van der Waals surface area contributed by atoms with Gasteiger partial charge in [-0.15, -0.1) is 0 Å². The van der Waals surface area contributed by atoms with Crippen molar-refractivity contribution in [3.8, 4) is 0 Å². The lowest BCUT2D eigenvalue weighted by Gasteiger charge is -2.28. The van der Waals surface area contributed by atoms with Gasteiger partial charge in [0.2, 0.25) is 5.91 Å². The standard InChI is InChI=1S/C34H37NO6/c1-25-19-13-8-4-5-9-16-22-27(26-20-14-12-15-21-26)35-28(36)23-17-10-6-7-11-18-24-34(2)29(33(39)41-25)30(37)31(40-3)32(34)38/h4-21,23-24,27,31-32,37-38H,22H2,1-3H3,(H,35,36)/b5-4+,10-6+,11-7-,13-8+,16-9-,23-17+,24-18+,25-19+/t27?,31-,32+,34+/m0/s1. The van der Waals surface area contributed by atoms with Crippen LogP contribution in [-0.4, -0.2) is 41.4 Å². The minimum absolute atomic E-state index is 0.0731. The lowest BCUT2D eigenvalue weighted by atomic mass is 9.80. The van der Waals surface area contributed by atoms with Gasteiger partial charge in [-0.25, -0.2) is 4.79 Å². The van der Waals surface area contributed by atoms with Crippen molar-refractivity contribution >= 4 is 11.9 Å². The molecule has 1 amide bonds. The Morgan fingerprint density at radius 2 is 1.56 bits per heavy atom. The first-order chi connectivity index (χ1) is 19.8. The van der Waals surface area contributed by atoms with Crippen LogP contribution in [0, 0.1) is 5.41 Å². The summed E-state index contributed by atoms with van der Waals surface area (Å²) in [5.74, 6) is -1.04. The highest BCUT2D eigenvalue weighted by molar-refractivity contribution is 5.93. The van der Waals surface area contributed by atoms with E-state index in [9.17, 15) is 19.8 Å². The second-order valence-corrected chi connectivity index (χ2v) is 9.70. The molecular formula is C34H37NO6. The van der Waals surface area contributed by atoms with Crippen molar-refractivity contribution in [2.75, 3.05) is 7.11 Å². The summed E-state index contributed by atoms with van der Waals surface area (Å²) in [6.07, 6.45) is 24.3. The van der Waals surface area contributed by atoms with Crippen molar-refractivity contribution in [2.24, 2.45) is 5.41 Å². The van der Waals surface area contributed by atoms with Crippen LogP contribution in [0.3, 0.4) is 0 Å². The summed E-state index contributed by atoms with van der Waals surface area (Å²) >= 11 is 0. The number of aliphatic hydroxyl groups excluding tert-OH is 2. The van der Waals surface area contributed by atoms with Crippen molar-refractivity contribution in [1.82, 2.24) is 5.32 Å². The monoisotopic (exact) mass is 555 g/mol. The van der Waals surface area contributed by atoms with E-state index in [4.69, 9.17) is 9.47 Å². The Bertz CT molecular complexity index is 1340. The third-order valence-electron chi connectivity index (χ3n) is 6.72. The number of allylic oxidation sites excluding steroid dienone is 13. The van der Waals surface area contributed by atoms with E-state index in [-0.39, 0.29) is 23.3 Å². The van der Waals surface area contributed by atoms with E-state index in [2.05, 4.69) is 5.32 Å². The summed E-state index contributed by atoms with van der Waals surface area (Å²) < 4.78 is 10.7. The molecule has 1 unspecified atom stereocenters. The molecule has 0 fully saturated rings. The molecule has 7 heteroatoms. The molecule has 3 N–H and O–H groups in total. The van der Waals surface area contributed by atoms with Gasteiger partial charge in [-0.05, 0) is 31.9 Å². The molecule has 1 aliphatic heterocycles. The number of esters is 1. The van der Waals surface area contributed by atoms with Gasteiger partial charge in [0.15, 0.2) is 0 Å². The van der Waals surface area contributed by atoms with E-state index >= 15 is 0 Å². The van der Waals surface area contributed by atoms with Gasteiger partial charge in [0.05, 0.1) is 17.0 Å². The summed E-state index contributed by atoms with van der Waals surface area (Å²) in [7, 11) is 1.35. The average molecular weight is 556 g/mol. The molecule has 41 heavy (non-hydrogen) atoms. The molecule has 0 saturated carbocycles. The molecule has 1 heterocycles. The predicted octanol–water partition coefficient (Wildman–Crippen LogP) is 5.80. The molecule has 0 aromatic heterocycles. The van der Waals surface area contributed by atoms with E-state index in [1.54, 1.807) is 74.6 Å². The van der Waals surface area contributed by atoms with Crippen molar-refractivity contribution in [3.63, 3.8) is 0 Å². The first-order valence-electron chi connectivity index (χ1n) is 13.4. The van der Waals surface area contributed by atoms with E-state index in [1.807, 2.05) is 54.6 Å². The number of rotatable bonds is 2. The molecule has 1 aliphatic carbocycles. The maximum absolute atomic E-state index is 13.1. The summed E-state index contributed by atoms with van der Waals surface area (Å²) in [6, 6.07) is 9.60. The van der Waals surface area contributed by atoms with Crippen LogP contribution in [0.1, 0.15) is 31.9 Å². The molecule has 1 aromatic rings. The van der Waals surface area contributed by atoms with Crippen LogP contribution >= 0.6 is 0 Å². The van der Waals surface area contributed by atoms with Crippen molar-refractivity contribution in [3.05, 3.63) is 144 Å². The number of hydrogen-bond acceptors (Lipinski definition) is 6. The Morgan fingerprint density at radius 1 is 0.927 bits per heavy atom. The lowest BCUT2D eigenvalue weighted by molar-refractivity contribution is -0.136. The van der Waals surface area contributed by atoms with Crippen LogP contribution in [0.2, 0.25) is 0 Å². The van der Waals surface area contributed by atoms with Crippen LogP contribution in [0.15, 0.2) is 139 Å². The SMILES string of the molecule is CO[C@H]1C(O)=C2C(=O)O/C(C)=C/C=C/C=C/C=C\CC(c3ccccc3)NC(=O)/C=C/C=C/C=C\C=C\[C@@]2(C)[C@@H]1O. The Hall–Kier alpha value is -4.46. The number of ether oxygens (including phenoxy) is 2. The number of carbonyl (C=O) groups is 2. The van der Waals surface area contributed by atoms with Crippen LogP contribution < -0.4 is 5.32 Å². The minimum atomic E-state index is -1.26. The molecule has 0 saturated heterocycles. The fraction of sp³-hybridized carbons (Fsp3) is 0.235. The number of carbonyl (C=O) groups excluding carboxylic acids is 2. The van der Waals surface area contributed by atoms with Crippen molar-refractivity contribution in [2.45, 2.75) is 38.5 Å². The van der Waals surface area contributed by atoms with Gasteiger partial charge in [0, 0.05) is 13.2 Å². The molecule has 0 bridgehead atoms. The van der Waals surface area contributed by atoms with E-state index in [0.717, 1.165) is 5.56 Å². The highest BCUT2D eigenvalue weighted by Gasteiger charge is 2.53. The number of aliphatic hydroxyl groups is 2. The third kappa shape index (κ3) is 8.51.